The number of imidazole rings is 1. The number of H-pyrrole nitrogens is 1. The number of fused-ring (bicyclic) bond motifs is 1. The highest BCUT2D eigenvalue weighted by molar-refractivity contribution is 5.75. The first-order chi connectivity index (χ1) is 14.0. The molecule has 0 fully saturated rings. The fraction of sp³-hybridized carbons (Fsp3) is 0.238. The van der Waals surface area contributed by atoms with E-state index >= 15 is 0 Å². The molecule has 29 heavy (non-hydrogen) atoms. The van der Waals surface area contributed by atoms with Crippen LogP contribution in [0.4, 0.5) is 5.95 Å². The van der Waals surface area contributed by atoms with Crippen LogP contribution < -0.4 is 16.1 Å². The molecule has 3 aromatic heterocycles. The lowest BCUT2D eigenvalue weighted by Gasteiger charge is -2.18. The number of aryl methyl sites for hydroxylation is 1. The Kier molecular flexibility index (Phi) is 4.99. The van der Waals surface area contributed by atoms with Crippen molar-refractivity contribution in [1.82, 2.24) is 24.1 Å². The number of hydrogen-bond donors (Lipinski definition) is 1. The zero-order valence-electron chi connectivity index (χ0n) is 16.4. The van der Waals surface area contributed by atoms with Gasteiger partial charge in [0.25, 0.3) is 5.56 Å². The Labute approximate surface area is 167 Å². The van der Waals surface area contributed by atoms with Crippen LogP contribution in [0.3, 0.4) is 0 Å². The Bertz CT molecular complexity index is 1260. The maximum absolute atomic E-state index is 12.7. The van der Waals surface area contributed by atoms with Crippen molar-refractivity contribution in [3.8, 4) is 0 Å². The summed E-state index contributed by atoms with van der Waals surface area (Å²) in [5.74, 6) is 0.469. The molecule has 1 aromatic carbocycles. The number of rotatable bonds is 6. The summed E-state index contributed by atoms with van der Waals surface area (Å²) in [5, 5.41) is 0. The molecule has 8 heteroatoms. The minimum atomic E-state index is -0.247. The number of pyridine rings is 1. The molecule has 0 atom stereocenters. The molecule has 8 nitrogen and oxygen atoms in total. The quantitative estimate of drug-likeness (QED) is 0.540. The molecular weight excluding hydrogens is 368 g/mol. The molecular formula is C21H22N6O2. The molecule has 0 aliphatic heterocycles. The monoisotopic (exact) mass is 390 g/mol. The van der Waals surface area contributed by atoms with E-state index in [1.54, 1.807) is 22.4 Å². The van der Waals surface area contributed by atoms with E-state index in [2.05, 4.69) is 15.0 Å². The second-order valence-electron chi connectivity index (χ2n) is 6.97. The van der Waals surface area contributed by atoms with Crippen LogP contribution in [0.25, 0.3) is 11.0 Å². The molecule has 0 saturated carbocycles. The summed E-state index contributed by atoms with van der Waals surface area (Å²) in [6.45, 7) is 0.878. The first kappa shape index (κ1) is 18.7. The Hall–Kier alpha value is -3.68. The SMILES string of the molecule is CN(CCc1ccccn1)c1nc(Cn2c(=O)n(C)c3ccccc32)cc(=O)[nH]1. The summed E-state index contributed by atoms with van der Waals surface area (Å²) in [4.78, 5) is 38.4. The van der Waals surface area contributed by atoms with E-state index in [1.807, 2.05) is 54.4 Å². The van der Waals surface area contributed by atoms with Crippen LogP contribution >= 0.6 is 0 Å². The van der Waals surface area contributed by atoms with Gasteiger partial charge in [0.2, 0.25) is 5.95 Å². The van der Waals surface area contributed by atoms with Crippen LogP contribution in [0.1, 0.15) is 11.4 Å². The number of anilines is 1. The fourth-order valence-corrected chi connectivity index (χ4v) is 3.37. The molecule has 1 N–H and O–H groups in total. The first-order valence-electron chi connectivity index (χ1n) is 9.38. The van der Waals surface area contributed by atoms with E-state index in [1.165, 1.54) is 6.07 Å². The van der Waals surface area contributed by atoms with E-state index in [-0.39, 0.29) is 17.8 Å². The minimum Gasteiger partial charge on any atom is -0.345 e. The number of nitrogens with one attached hydrogen (secondary N) is 1. The summed E-state index contributed by atoms with van der Waals surface area (Å²) in [7, 11) is 3.61. The van der Waals surface area contributed by atoms with Gasteiger partial charge in [0.15, 0.2) is 0 Å². The van der Waals surface area contributed by atoms with Crippen LogP contribution in [0.5, 0.6) is 0 Å². The molecule has 3 heterocycles. The average Bonchev–Trinajstić information content (AvgIpc) is 2.97. The summed E-state index contributed by atoms with van der Waals surface area (Å²) in [5.41, 5.74) is 2.77. The molecule has 0 aliphatic carbocycles. The molecule has 4 rings (SSSR count). The summed E-state index contributed by atoms with van der Waals surface area (Å²) in [6, 6.07) is 14.8. The molecule has 148 valence electrons. The second kappa shape index (κ2) is 7.75. The van der Waals surface area contributed by atoms with E-state index in [0.29, 0.717) is 18.2 Å². The van der Waals surface area contributed by atoms with Gasteiger partial charge < -0.3 is 4.90 Å². The van der Waals surface area contributed by atoms with Gasteiger partial charge in [0.1, 0.15) is 0 Å². The van der Waals surface area contributed by atoms with Gasteiger partial charge in [0.05, 0.1) is 23.3 Å². The molecule has 4 aromatic rings. The Morgan fingerprint density at radius 1 is 1.03 bits per heavy atom. The van der Waals surface area contributed by atoms with Crippen LogP contribution in [0.2, 0.25) is 0 Å². The highest BCUT2D eigenvalue weighted by Crippen LogP contribution is 2.13. The lowest BCUT2D eigenvalue weighted by molar-refractivity contribution is 0.713. The summed E-state index contributed by atoms with van der Waals surface area (Å²) >= 11 is 0. The van der Waals surface area contributed by atoms with Crippen LogP contribution in [-0.2, 0) is 20.0 Å². The smallest absolute Gasteiger partial charge is 0.329 e. The third kappa shape index (κ3) is 3.82. The standard InChI is InChI=1S/C21H22N6O2/c1-25(12-10-15-7-5-6-11-22-15)20-23-16(13-19(28)24-20)14-27-18-9-4-3-8-17(18)26(2)21(27)29/h3-9,11,13H,10,12,14H2,1-2H3,(H,23,24,28). The highest BCUT2D eigenvalue weighted by atomic mass is 16.1. The van der Waals surface area contributed by atoms with Gasteiger partial charge >= 0.3 is 5.69 Å². The van der Waals surface area contributed by atoms with E-state index in [0.717, 1.165) is 23.1 Å². The van der Waals surface area contributed by atoms with Gasteiger partial charge in [-0.05, 0) is 24.3 Å². The van der Waals surface area contributed by atoms with Crippen LogP contribution in [0.15, 0.2) is 64.3 Å². The number of aromatic amines is 1. The van der Waals surface area contributed by atoms with Crippen molar-refractivity contribution in [3.63, 3.8) is 0 Å². The van der Waals surface area contributed by atoms with Gasteiger partial charge in [0, 0.05) is 45.0 Å². The Morgan fingerprint density at radius 2 is 1.79 bits per heavy atom. The topological polar surface area (TPSA) is 88.8 Å². The average molecular weight is 390 g/mol. The van der Waals surface area contributed by atoms with E-state index < -0.39 is 0 Å². The van der Waals surface area contributed by atoms with Crippen LogP contribution in [-0.4, -0.2) is 37.7 Å². The van der Waals surface area contributed by atoms with Crippen molar-refractivity contribution >= 4 is 17.0 Å². The lowest BCUT2D eigenvalue weighted by atomic mass is 10.2. The molecule has 0 spiro atoms. The van der Waals surface area contributed by atoms with Gasteiger partial charge in [-0.3, -0.25) is 23.9 Å². The van der Waals surface area contributed by atoms with Crippen molar-refractivity contribution in [2.75, 3.05) is 18.5 Å². The van der Waals surface area contributed by atoms with Crippen molar-refractivity contribution in [3.05, 3.63) is 87.0 Å². The van der Waals surface area contributed by atoms with Gasteiger partial charge in [-0.15, -0.1) is 0 Å². The molecule has 0 bridgehead atoms. The third-order valence-corrected chi connectivity index (χ3v) is 4.95. The second-order valence-corrected chi connectivity index (χ2v) is 6.97. The number of hydrogen-bond acceptors (Lipinski definition) is 5. The predicted molar refractivity (Wildman–Crippen MR) is 112 cm³/mol. The van der Waals surface area contributed by atoms with Crippen LogP contribution in [0, 0.1) is 0 Å². The Balaban J connectivity index is 1.60. The molecule has 0 unspecified atom stereocenters. The van der Waals surface area contributed by atoms with Gasteiger partial charge in [-0.2, -0.15) is 0 Å². The zero-order chi connectivity index (χ0) is 20.4. The van der Waals surface area contributed by atoms with Crippen molar-refractivity contribution in [2.45, 2.75) is 13.0 Å². The molecule has 0 radical (unpaired) electrons. The predicted octanol–water partition coefficient (Wildman–Crippen LogP) is 1.55. The van der Waals surface area contributed by atoms with Crippen molar-refractivity contribution in [2.24, 2.45) is 7.05 Å². The number of para-hydroxylation sites is 2. The van der Waals surface area contributed by atoms with E-state index in [9.17, 15) is 9.59 Å². The normalized spacial score (nSPS) is 11.1. The first-order valence-corrected chi connectivity index (χ1v) is 9.38. The van der Waals surface area contributed by atoms with Crippen molar-refractivity contribution in [1.29, 1.82) is 0 Å². The lowest BCUT2D eigenvalue weighted by Crippen LogP contribution is -2.27. The Morgan fingerprint density at radius 3 is 2.55 bits per heavy atom. The number of aromatic nitrogens is 5. The zero-order valence-corrected chi connectivity index (χ0v) is 16.4. The maximum Gasteiger partial charge on any atom is 0.329 e. The number of benzene rings is 1. The van der Waals surface area contributed by atoms with Crippen molar-refractivity contribution < 1.29 is 0 Å². The van der Waals surface area contributed by atoms with Gasteiger partial charge in [-0.25, -0.2) is 9.78 Å². The summed E-state index contributed by atoms with van der Waals surface area (Å²) in [6.07, 6.45) is 2.49. The van der Waals surface area contributed by atoms with Gasteiger partial charge in [-0.1, -0.05) is 18.2 Å². The molecule has 0 aliphatic rings. The summed E-state index contributed by atoms with van der Waals surface area (Å²) < 4.78 is 3.23. The fourth-order valence-electron chi connectivity index (χ4n) is 3.37. The number of likely N-dealkylation sites (N-methyl/N-ethyl adjacent to an activating group) is 1. The number of nitrogens with zero attached hydrogens (tertiary/aromatic N) is 5. The minimum absolute atomic E-state index is 0.140. The highest BCUT2D eigenvalue weighted by Gasteiger charge is 2.13. The maximum atomic E-state index is 12.7. The molecule has 0 amide bonds. The third-order valence-electron chi connectivity index (χ3n) is 4.95. The largest absolute Gasteiger partial charge is 0.345 e. The molecule has 0 saturated heterocycles. The van der Waals surface area contributed by atoms with E-state index in [4.69, 9.17) is 0 Å².